The van der Waals surface area contributed by atoms with E-state index in [1.54, 1.807) is 0 Å². The Balaban J connectivity index is 1.35. The fourth-order valence-electron chi connectivity index (χ4n) is 4.60. The molecule has 0 radical (unpaired) electrons. The summed E-state index contributed by atoms with van der Waals surface area (Å²) in [5, 5.41) is 7.84. The third-order valence-corrected chi connectivity index (χ3v) is 6.49. The number of benzene rings is 1. The van der Waals surface area contributed by atoms with Crippen molar-refractivity contribution in [2.45, 2.75) is 56.8 Å². The number of amides is 2. The van der Waals surface area contributed by atoms with E-state index in [2.05, 4.69) is 27.6 Å². The molecule has 0 atom stereocenters. The lowest BCUT2D eigenvalue weighted by Crippen LogP contribution is -2.48. The van der Waals surface area contributed by atoms with Gasteiger partial charge in [0.1, 0.15) is 0 Å². The number of carbonyl (C=O) groups excluding carboxylic acids is 1. The van der Waals surface area contributed by atoms with Crippen molar-refractivity contribution in [1.29, 1.82) is 0 Å². The summed E-state index contributed by atoms with van der Waals surface area (Å²) in [5.41, 5.74) is 1.24. The fourth-order valence-corrected chi connectivity index (χ4v) is 4.79. The molecule has 150 valence electrons. The fraction of sp³-hybridized carbons (Fsp3) is 0.571. The van der Waals surface area contributed by atoms with Crippen LogP contribution in [0, 0.1) is 6.92 Å². The number of aromatic nitrogens is 2. The first-order valence-electron chi connectivity index (χ1n) is 10.1. The van der Waals surface area contributed by atoms with Gasteiger partial charge in [-0.2, -0.15) is 4.98 Å². The van der Waals surface area contributed by atoms with Crippen LogP contribution >= 0.6 is 11.6 Å². The van der Waals surface area contributed by atoms with E-state index in [4.69, 9.17) is 16.1 Å². The third-order valence-electron chi connectivity index (χ3n) is 6.25. The Bertz CT molecular complexity index is 823. The van der Waals surface area contributed by atoms with Gasteiger partial charge in [-0.25, -0.2) is 4.79 Å². The number of nitrogens with one attached hydrogen (secondary N) is 1. The summed E-state index contributed by atoms with van der Waals surface area (Å²) in [5.74, 6) is 1.61. The van der Waals surface area contributed by atoms with Crippen molar-refractivity contribution in [3.63, 3.8) is 0 Å². The maximum absolute atomic E-state index is 12.8. The quantitative estimate of drug-likeness (QED) is 0.820. The Morgan fingerprint density at radius 1 is 1.32 bits per heavy atom. The van der Waals surface area contributed by atoms with Crippen LogP contribution in [0.4, 0.5) is 4.79 Å². The van der Waals surface area contributed by atoms with Crippen molar-refractivity contribution in [1.82, 2.24) is 20.4 Å². The monoisotopic (exact) mass is 402 g/mol. The predicted octanol–water partition coefficient (Wildman–Crippen LogP) is 4.43. The van der Waals surface area contributed by atoms with Crippen LogP contribution in [0.1, 0.15) is 61.7 Å². The molecule has 2 heterocycles. The molecule has 1 aliphatic carbocycles. The molecule has 6 nitrogen and oxygen atoms in total. The van der Waals surface area contributed by atoms with Crippen LogP contribution in [0.3, 0.4) is 0 Å². The van der Waals surface area contributed by atoms with Crippen molar-refractivity contribution in [3.05, 3.63) is 46.6 Å². The molecule has 1 saturated heterocycles. The molecule has 1 saturated carbocycles. The Hall–Kier alpha value is -2.08. The molecule has 28 heavy (non-hydrogen) atoms. The Labute approximate surface area is 170 Å². The zero-order chi connectivity index (χ0) is 19.6. The Kier molecular flexibility index (Phi) is 5.58. The zero-order valence-corrected chi connectivity index (χ0v) is 17.0. The van der Waals surface area contributed by atoms with E-state index in [1.165, 1.54) is 18.4 Å². The van der Waals surface area contributed by atoms with E-state index in [9.17, 15) is 4.79 Å². The number of hydrogen-bond donors (Lipinski definition) is 1. The number of piperidine rings is 1. The number of rotatable bonds is 4. The molecule has 4 rings (SSSR count). The summed E-state index contributed by atoms with van der Waals surface area (Å²) in [6, 6.07) is 8.12. The van der Waals surface area contributed by atoms with Crippen molar-refractivity contribution in [3.8, 4) is 0 Å². The molecular weight excluding hydrogens is 376 g/mol. The molecule has 0 unspecified atom stereocenters. The SMILES string of the molecule is Cc1noc(C2CCN(C(=O)NCC3(c4cccc(Cl)c4)CCCC3)CC2)n1. The number of halogens is 1. The van der Waals surface area contributed by atoms with Crippen LogP contribution in [0.2, 0.25) is 5.02 Å². The molecule has 1 N–H and O–H groups in total. The van der Waals surface area contributed by atoms with Gasteiger partial charge in [-0.1, -0.05) is 41.7 Å². The molecular formula is C21H27ClN4O2. The van der Waals surface area contributed by atoms with Gasteiger partial charge >= 0.3 is 6.03 Å². The van der Waals surface area contributed by atoms with Gasteiger partial charge < -0.3 is 14.7 Å². The van der Waals surface area contributed by atoms with E-state index >= 15 is 0 Å². The van der Waals surface area contributed by atoms with Gasteiger partial charge in [-0.15, -0.1) is 0 Å². The highest BCUT2D eigenvalue weighted by Crippen LogP contribution is 2.41. The first kappa shape index (κ1) is 19.2. The predicted molar refractivity (Wildman–Crippen MR) is 108 cm³/mol. The van der Waals surface area contributed by atoms with Crippen molar-refractivity contribution in [2.24, 2.45) is 0 Å². The second-order valence-corrected chi connectivity index (χ2v) is 8.53. The summed E-state index contributed by atoms with van der Waals surface area (Å²) < 4.78 is 5.30. The first-order chi connectivity index (χ1) is 13.6. The maximum atomic E-state index is 12.8. The van der Waals surface area contributed by atoms with Crippen LogP contribution in [-0.4, -0.2) is 40.7 Å². The minimum atomic E-state index is 0.000166. The van der Waals surface area contributed by atoms with Gasteiger partial charge in [0.25, 0.3) is 0 Å². The van der Waals surface area contributed by atoms with Crippen molar-refractivity contribution < 1.29 is 9.32 Å². The maximum Gasteiger partial charge on any atom is 0.317 e. The smallest absolute Gasteiger partial charge is 0.317 e. The number of urea groups is 1. The van der Waals surface area contributed by atoms with E-state index in [0.29, 0.717) is 31.3 Å². The van der Waals surface area contributed by atoms with Gasteiger partial charge in [0.2, 0.25) is 5.89 Å². The van der Waals surface area contributed by atoms with Crippen LogP contribution in [0.5, 0.6) is 0 Å². The molecule has 2 aliphatic rings. The number of hydrogen-bond acceptors (Lipinski definition) is 4. The molecule has 7 heteroatoms. The Morgan fingerprint density at radius 3 is 2.71 bits per heavy atom. The molecule has 2 fully saturated rings. The second kappa shape index (κ2) is 8.11. The van der Waals surface area contributed by atoms with Gasteiger partial charge in [0, 0.05) is 36.0 Å². The standard InChI is InChI=1S/C21H27ClN4O2/c1-15-24-19(28-25-15)16-7-11-26(12-8-16)20(27)23-14-21(9-2-3-10-21)17-5-4-6-18(22)13-17/h4-6,13,16H,2-3,7-12,14H2,1H3,(H,23,27). The van der Waals surface area contributed by atoms with Crippen molar-refractivity contribution in [2.75, 3.05) is 19.6 Å². The lowest BCUT2D eigenvalue weighted by Gasteiger charge is -2.34. The van der Waals surface area contributed by atoms with Gasteiger partial charge in [-0.3, -0.25) is 0 Å². The van der Waals surface area contributed by atoms with Crippen LogP contribution in [0.25, 0.3) is 0 Å². The van der Waals surface area contributed by atoms with Gasteiger partial charge in [0.05, 0.1) is 0 Å². The molecule has 1 aromatic carbocycles. The lowest BCUT2D eigenvalue weighted by atomic mass is 9.79. The zero-order valence-electron chi connectivity index (χ0n) is 16.3. The Morgan fingerprint density at radius 2 is 2.07 bits per heavy atom. The van der Waals surface area contributed by atoms with E-state index in [-0.39, 0.29) is 17.4 Å². The third kappa shape index (κ3) is 4.02. The van der Waals surface area contributed by atoms with Crippen molar-refractivity contribution >= 4 is 17.6 Å². The van der Waals surface area contributed by atoms with E-state index < -0.39 is 0 Å². The largest absolute Gasteiger partial charge is 0.339 e. The average molecular weight is 403 g/mol. The van der Waals surface area contributed by atoms with Crippen LogP contribution in [0.15, 0.2) is 28.8 Å². The summed E-state index contributed by atoms with van der Waals surface area (Å²) in [6.45, 7) is 3.91. The van der Waals surface area contributed by atoms with Gasteiger partial charge in [-0.05, 0) is 50.3 Å². The highest BCUT2D eigenvalue weighted by Gasteiger charge is 2.37. The summed E-state index contributed by atoms with van der Waals surface area (Å²) >= 11 is 6.22. The molecule has 2 aromatic rings. The van der Waals surface area contributed by atoms with Crippen LogP contribution < -0.4 is 5.32 Å². The van der Waals surface area contributed by atoms with Crippen LogP contribution in [-0.2, 0) is 5.41 Å². The molecule has 0 spiro atoms. The highest BCUT2D eigenvalue weighted by atomic mass is 35.5. The minimum absolute atomic E-state index is 0.000166. The molecule has 1 aromatic heterocycles. The van der Waals surface area contributed by atoms with E-state index in [1.807, 2.05) is 24.0 Å². The van der Waals surface area contributed by atoms with E-state index in [0.717, 1.165) is 30.7 Å². The minimum Gasteiger partial charge on any atom is -0.339 e. The lowest BCUT2D eigenvalue weighted by molar-refractivity contribution is 0.172. The normalized spacial score (nSPS) is 19.7. The second-order valence-electron chi connectivity index (χ2n) is 8.10. The molecule has 1 aliphatic heterocycles. The number of carbonyl (C=O) groups is 1. The topological polar surface area (TPSA) is 71.3 Å². The summed E-state index contributed by atoms with van der Waals surface area (Å²) in [4.78, 5) is 19.0. The average Bonchev–Trinajstić information content (AvgIpc) is 3.36. The first-order valence-corrected chi connectivity index (χ1v) is 10.5. The molecule has 2 amide bonds. The number of aryl methyl sites for hydroxylation is 1. The summed E-state index contributed by atoms with van der Waals surface area (Å²) in [6.07, 6.45) is 6.27. The highest BCUT2D eigenvalue weighted by molar-refractivity contribution is 6.30. The number of nitrogens with zero attached hydrogens (tertiary/aromatic N) is 3. The number of likely N-dealkylation sites (tertiary alicyclic amines) is 1. The van der Waals surface area contributed by atoms with Gasteiger partial charge in [0.15, 0.2) is 5.82 Å². The summed E-state index contributed by atoms with van der Waals surface area (Å²) in [7, 11) is 0. The molecule has 0 bridgehead atoms.